The van der Waals surface area contributed by atoms with E-state index in [0.717, 1.165) is 0 Å². The lowest BCUT2D eigenvalue weighted by molar-refractivity contribution is -0.0284. The largest absolute Gasteiger partial charge is 0.497 e. The molecule has 30 heavy (non-hydrogen) atoms. The normalized spacial score (nSPS) is 16.2. The Morgan fingerprint density at radius 1 is 1.27 bits per heavy atom. The van der Waals surface area contributed by atoms with E-state index in [0.29, 0.717) is 50.8 Å². The first-order chi connectivity index (χ1) is 14.6. The number of carbonyl (C=O) groups is 2. The van der Waals surface area contributed by atoms with Crippen LogP contribution < -0.4 is 10.1 Å². The molecule has 162 valence electrons. The molecule has 1 atom stereocenters. The second-order valence-corrected chi connectivity index (χ2v) is 6.82. The van der Waals surface area contributed by atoms with E-state index in [4.69, 9.17) is 18.6 Å². The number of nitrogens with one attached hydrogen (secondary N) is 1. The average Bonchev–Trinajstić information content (AvgIpc) is 3.31. The zero-order valence-corrected chi connectivity index (χ0v) is 17.2. The number of benzene rings is 1. The van der Waals surface area contributed by atoms with E-state index in [1.807, 2.05) is 12.1 Å². The average molecular weight is 417 g/mol. The summed E-state index contributed by atoms with van der Waals surface area (Å²) >= 11 is 0. The summed E-state index contributed by atoms with van der Waals surface area (Å²) in [4.78, 5) is 28.7. The number of nitrogens with zero attached hydrogens (tertiary/aromatic N) is 2. The molecular weight excluding hydrogens is 390 g/mol. The van der Waals surface area contributed by atoms with Gasteiger partial charge < -0.3 is 33.7 Å². The van der Waals surface area contributed by atoms with Crippen molar-refractivity contribution >= 4 is 17.6 Å². The number of amides is 3. The Balaban J connectivity index is 1.60. The van der Waals surface area contributed by atoms with Gasteiger partial charge in [0.15, 0.2) is 5.76 Å². The van der Waals surface area contributed by atoms with Gasteiger partial charge in [-0.25, -0.2) is 4.79 Å². The molecule has 2 aromatic rings. The monoisotopic (exact) mass is 417 g/mol. The number of hydrogen-bond acceptors (Lipinski definition) is 6. The minimum atomic E-state index is -0.314. The molecule has 1 aliphatic heterocycles. The molecule has 1 saturated heterocycles. The fraction of sp³-hybridized carbons (Fsp3) is 0.429. The van der Waals surface area contributed by atoms with E-state index in [-0.39, 0.29) is 23.8 Å². The summed E-state index contributed by atoms with van der Waals surface area (Å²) in [6.07, 6.45) is 1.15. The van der Waals surface area contributed by atoms with Crippen molar-refractivity contribution in [2.24, 2.45) is 0 Å². The van der Waals surface area contributed by atoms with Gasteiger partial charge in [-0.3, -0.25) is 4.79 Å². The molecule has 0 saturated carbocycles. The van der Waals surface area contributed by atoms with Gasteiger partial charge in [0, 0.05) is 38.5 Å². The number of furan rings is 1. The molecular formula is C21H27N3O6. The van der Waals surface area contributed by atoms with Crippen molar-refractivity contribution < 1.29 is 28.2 Å². The summed E-state index contributed by atoms with van der Waals surface area (Å²) < 4.78 is 21.4. The van der Waals surface area contributed by atoms with Crippen LogP contribution in [0.2, 0.25) is 0 Å². The second kappa shape index (κ2) is 10.7. The highest BCUT2D eigenvalue weighted by Crippen LogP contribution is 2.18. The van der Waals surface area contributed by atoms with Gasteiger partial charge in [-0.15, -0.1) is 0 Å². The summed E-state index contributed by atoms with van der Waals surface area (Å²) in [5, 5.41) is 2.88. The number of morpholine rings is 1. The molecule has 1 N–H and O–H groups in total. The van der Waals surface area contributed by atoms with Crippen LogP contribution in [0.15, 0.2) is 47.1 Å². The molecule has 1 aromatic carbocycles. The molecule has 0 bridgehead atoms. The molecule has 1 fully saturated rings. The maximum Gasteiger partial charge on any atom is 0.322 e. The Morgan fingerprint density at radius 2 is 2.13 bits per heavy atom. The molecule has 1 aliphatic rings. The lowest BCUT2D eigenvalue weighted by atomic mass is 10.2. The molecule has 2 heterocycles. The van der Waals surface area contributed by atoms with Crippen molar-refractivity contribution in [3.05, 3.63) is 48.4 Å². The van der Waals surface area contributed by atoms with Crippen LogP contribution in [0.3, 0.4) is 0 Å². The van der Waals surface area contributed by atoms with Crippen molar-refractivity contribution in [2.45, 2.75) is 6.10 Å². The van der Waals surface area contributed by atoms with Crippen LogP contribution in [-0.2, 0) is 9.47 Å². The quantitative estimate of drug-likeness (QED) is 0.709. The van der Waals surface area contributed by atoms with E-state index >= 15 is 0 Å². The van der Waals surface area contributed by atoms with E-state index in [1.54, 1.807) is 48.3 Å². The topological polar surface area (TPSA) is 93.5 Å². The standard InChI is InChI=1S/C21H27N3O6/c1-27-11-8-23(20(25)19-7-4-10-30-19)14-18-15-24(9-12-29-18)21(26)22-16-5-3-6-17(13-16)28-2/h3-7,10,13,18H,8-9,11-12,14-15H2,1-2H3,(H,22,26). The highest BCUT2D eigenvalue weighted by atomic mass is 16.5. The highest BCUT2D eigenvalue weighted by Gasteiger charge is 2.28. The molecule has 1 unspecified atom stereocenters. The maximum absolute atomic E-state index is 12.7. The Kier molecular flexibility index (Phi) is 7.69. The summed E-state index contributed by atoms with van der Waals surface area (Å²) in [5.41, 5.74) is 0.650. The fourth-order valence-corrected chi connectivity index (χ4v) is 3.20. The minimum Gasteiger partial charge on any atom is -0.497 e. The van der Waals surface area contributed by atoms with Crippen LogP contribution in [0.25, 0.3) is 0 Å². The van der Waals surface area contributed by atoms with Crippen LogP contribution in [0.4, 0.5) is 10.5 Å². The number of methoxy groups -OCH3 is 2. The SMILES string of the molecule is COCCN(CC1CN(C(=O)Nc2cccc(OC)c2)CCO1)C(=O)c1ccco1. The Bertz CT molecular complexity index is 826. The zero-order valence-electron chi connectivity index (χ0n) is 17.2. The minimum absolute atomic E-state index is 0.225. The van der Waals surface area contributed by atoms with Crippen LogP contribution in [0.5, 0.6) is 5.75 Å². The first-order valence-electron chi connectivity index (χ1n) is 9.74. The molecule has 0 radical (unpaired) electrons. The van der Waals surface area contributed by atoms with Gasteiger partial charge >= 0.3 is 6.03 Å². The second-order valence-electron chi connectivity index (χ2n) is 6.82. The highest BCUT2D eigenvalue weighted by molar-refractivity contribution is 5.91. The lowest BCUT2D eigenvalue weighted by Crippen LogP contribution is -2.52. The zero-order chi connectivity index (χ0) is 21.3. The maximum atomic E-state index is 12.7. The first-order valence-corrected chi connectivity index (χ1v) is 9.74. The van der Waals surface area contributed by atoms with Gasteiger partial charge in [0.25, 0.3) is 5.91 Å². The third kappa shape index (κ3) is 5.74. The summed E-state index contributed by atoms with van der Waals surface area (Å²) in [5.74, 6) is 0.686. The third-order valence-corrected chi connectivity index (χ3v) is 4.76. The number of carbonyl (C=O) groups excluding carboxylic acids is 2. The van der Waals surface area contributed by atoms with E-state index in [1.165, 1.54) is 6.26 Å². The molecule has 0 spiro atoms. The van der Waals surface area contributed by atoms with Gasteiger partial charge in [0.2, 0.25) is 0 Å². The Hall–Kier alpha value is -3.04. The molecule has 3 amide bonds. The van der Waals surface area contributed by atoms with Crippen LogP contribution in [-0.4, -0.2) is 81.5 Å². The van der Waals surface area contributed by atoms with Crippen molar-refractivity contribution in [3.8, 4) is 5.75 Å². The fourth-order valence-electron chi connectivity index (χ4n) is 3.20. The Labute approximate surface area is 175 Å². The van der Waals surface area contributed by atoms with E-state index in [9.17, 15) is 9.59 Å². The van der Waals surface area contributed by atoms with Gasteiger partial charge in [0.05, 0.1) is 39.2 Å². The van der Waals surface area contributed by atoms with Crippen molar-refractivity contribution in [1.82, 2.24) is 9.80 Å². The number of rotatable bonds is 8. The molecule has 1 aromatic heterocycles. The van der Waals surface area contributed by atoms with E-state index < -0.39 is 0 Å². The third-order valence-electron chi connectivity index (χ3n) is 4.76. The predicted octanol–water partition coefficient (Wildman–Crippen LogP) is 2.31. The van der Waals surface area contributed by atoms with Crippen LogP contribution in [0, 0.1) is 0 Å². The summed E-state index contributed by atoms with van der Waals surface area (Å²) in [7, 11) is 3.16. The van der Waals surface area contributed by atoms with Crippen molar-refractivity contribution in [1.29, 1.82) is 0 Å². The summed E-state index contributed by atoms with van der Waals surface area (Å²) in [6.45, 7) is 2.33. The Morgan fingerprint density at radius 3 is 2.87 bits per heavy atom. The first kappa shape index (κ1) is 21.7. The number of ether oxygens (including phenoxy) is 3. The smallest absolute Gasteiger partial charge is 0.322 e. The van der Waals surface area contributed by atoms with Gasteiger partial charge in [-0.2, -0.15) is 0 Å². The number of hydrogen-bond donors (Lipinski definition) is 1. The molecule has 3 rings (SSSR count). The van der Waals surface area contributed by atoms with Gasteiger partial charge in [-0.1, -0.05) is 6.07 Å². The number of anilines is 1. The van der Waals surface area contributed by atoms with E-state index in [2.05, 4.69) is 5.32 Å². The van der Waals surface area contributed by atoms with Crippen LogP contribution >= 0.6 is 0 Å². The van der Waals surface area contributed by atoms with Gasteiger partial charge in [-0.05, 0) is 24.3 Å². The van der Waals surface area contributed by atoms with Gasteiger partial charge in [0.1, 0.15) is 5.75 Å². The predicted molar refractivity (Wildman–Crippen MR) is 110 cm³/mol. The molecule has 9 heteroatoms. The molecule has 9 nitrogen and oxygen atoms in total. The lowest BCUT2D eigenvalue weighted by Gasteiger charge is -2.35. The molecule has 0 aliphatic carbocycles. The van der Waals surface area contributed by atoms with Crippen molar-refractivity contribution in [3.63, 3.8) is 0 Å². The van der Waals surface area contributed by atoms with Crippen molar-refractivity contribution in [2.75, 3.05) is 58.9 Å². The van der Waals surface area contributed by atoms with Crippen LogP contribution in [0.1, 0.15) is 10.6 Å². The summed E-state index contributed by atoms with van der Waals surface area (Å²) in [6, 6.07) is 10.2. The number of urea groups is 1.